The van der Waals surface area contributed by atoms with Crippen molar-refractivity contribution < 1.29 is 0 Å². The Morgan fingerprint density at radius 3 is 2.75 bits per heavy atom. The summed E-state index contributed by atoms with van der Waals surface area (Å²) >= 11 is 12.1. The number of nitrogens with zero attached hydrogens (tertiary/aromatic N) is 3. The van der Waals surface area contributed by atoms with Crippen LogP contribution < -0.4 is 5.32 Å². The van der Waals surface area contributed by atoms with Gasteiger partial charge in [-0.25, -0.2) is 4.98 Å². The molecule has 3 rings (SSSR count). The Morgan fingerprint density at radius 1 is 1.21 bits per heavy atom. The summed E-state index contributed by atoms with van der Waals surface area (Å²) in [5, 5.41) is 4.42. The topological polar surface area (TPSA) is 42.2 Å². The van der Waals surface area contributed by atoms with Crippen molar-refractivity contribution in [1.82, 2.24) is 14.4 Å². The highest BCUT2D eigenvalue weighted by Crippen LogP contribution is 2.28. The van der Waals surface area contributed by atoms with E-state index in [1.54, 1.807) is 18.5 Å². The minimum Gasteiger partial charge on any atom is -0.366 e. The maximum absolute atomic E-state index is 6.14. The minimum absolute atomic E-state index is 0.517. The molecule has 3 aromatic rings. The van der Waals surface area contributed by atoms with Crippen LogP contribution in [-0.4, -0.2) is 20.9 Å². The van der Waals surface area contributed by atoms with E-state index in [1.807, 2.05) is 53.9 Å². The largest absolute Gasteiger partial charge is 0.366 e. The lowest BCUT2D eigenvalue weighted by Crippen LogP contribution is -2.03. The lowest BCUT2D eigenvalue weighted by atomic mass is 10.1. The average molecular weight is 359 g/mol. The molecule has 2 aromatic heterocycles. The number of aromatic nitrogens is 3. The molecule has 1 N–H and O–H groups in total. The number of nitrogens with one attached hydrogen (secondary N) is 1. The molecular formula is C18H16Cl2N4. The van der Waals surface area contributed by atoms with E-state index >= 15 is 0 Å². The molecule has 0 spiro atoms. The number of imidazole rings is 1. The second-order valence-corrected chi connectivity index (χ2v) is 5.86. The third kappa shape index (κ3) is 3.45. The van der Waals surface area contributed by atoms with E-state index in [1.165, 1.54) is 0 Å². The molecule has 0 aliphatic rings. The van der Waals surface area contributed by atoms with E-state index < -0.39 is 0 Å². The highest BCUT2D eigenvalue weighted by Gasteiger charge is 2.13. The molecule has 4 nitrogen and oxygen atoms in total. The van der Waals surface area contributed by atoms with Gasteiger partial charge in [-0.05, 0) is 13.0 Å². The van der Waals surface area contributed by atoms with E-state index in [2.05, 4.69) is 15.3 Å². The maximum atomic E-state index is 6.14. The smallest absolute Gasteiger partial charge is 0.157 e. The Bertz CT molecular complexity index is 898. The van der Waals surface area contributed by atoms with E-state index in [9.17, 15) is 0 Å². The number of fused-ring (bicyclic) bond motifs is 1. The Labute approximate surface area is 150 Å². The zero-order valence-corrected chi connectivity index (χ0v) is 14.6. The van der Waals surface area contributed by atoms with Crippen LogP contribution in [0.15, 0.2) is 71.1 Å². The van der Waals surface area contributed by atoms with Gasteiger partial charge in [0.15, 0.2) is 5.65 Å². The first-order valence-corrected chi connectivity index (χ1v) is 8.25. The van der Waals surface area contributed by atoms with Crippen molar-refractivity contribution >= 4 is 34.7 Å². The number of hydrogen-bond donors (Lipinski definition) is 1. The first kappa shape index (κ1) is 16.6. The van der Waals surface area contributed by atoms with Gasteiger partial charge >= 0.3 is 0 Å². The highest BCUT2D eigenvalue weighted by atomic mass is 35.5. The third-order valence-corrected chi connectivity index (χ3v) is 4.39. The minimum atomic E-state index is 0.517. The SMILES string of the molecule is C/C=C(Cl)\C(Cl)=C/CNc1c(-c2ccccc2)nc2cnccn12. The lowest BCUT2D eigenvalue weighted by molar-refractivity contribution is 1.11. The number of hydrogen-bond acceptors (Lipinski definition) is 3. The molecule has 1 aromatic carbocycles. The number of anilines is 1. The number of halogens is 2. The van der Waals surface area contributed by atoms with Crippen molar-refractivity contribution in [2.45, 2.75) is 6.92 Å². The van der Waals surface area contributed by atoms with Crippen LogP contribution >= 0.6 is 23.2 Å². The van der Waals surface area contributed by atoms with E-state index in [4.69, 9.17) is 23.2 Å². The summed E-state index contributed by atoms with van der Waals surface area (Å²) in [4.78, 5) is 8.81. The summed E-state index contributed by atoms with van der Waals surface area (Å²) in [6.07, 6.45) is 8.93. The van der Waals surface area contributed by atoms with Gasteiger partial charge in [0.2, 0.25) is 0 Å². The Balaban J connectivity index is 1.97. The number of benzene rings is 1. The number of allylic oxidation sites excluding steroid dienone is 3. The van der Waals surface area contributed by atoms with Gasteiger partial charge in [0.1, 0.15) is 11.5 Å². The summed E-state index contributed by atoms with van der Waals surface area (Å²) in [7, 11) is 0. The lowest BCUT2D eigenvalue weighted by Gasteiger charge is -2.07. The molecule has 6 heteroatoms. The molecule has 0 unspecified atom stereocenters. The van der Waals surface area contributed by atoms with Gasteiger partial charge in [-0.15, -0.1) is 0 Å². The predicted octanol–water partition coefficient (Wildman–Crippen LogP) is 5.07. The highest BCUT2D eigenvalue weighted by molar-refractivity contribution is 6.43. The van der Waals surface area contributed by atoms with Crippen LogP contribution in [0.25, 0.3) is 16.9 Å². The third-order valence-electron chi connectivity index (χ3n) is 3.51. The zero-order valence-electron chi connectivity index (χ0n) is 13.1. The van der Waals surface area contributed by atoms with Gasteiger partial charge in [-0.3, -0.25) is 9.38 Å². The van der Waals surface area contributed by atoms with Gasteiger partial charge in [0, 0.05) is 24.5 Å². The second-order valence-electron chi connectivity index (χ2n) is 5.05. The van der Waals surface area contributed by atoms with Gasteiger partial charge in [0.25, 0.3) is 0 Å². The average Bonchev–Trinajstić information content (AvgIpc) is 3.00. The monoisotopic (exact) mass is 358 g/mol. The van der Waals surface area contributed by atoms with Crippen LogP contribution in [0.4, 0.5) is 5.82 Å². The van der Waals surface area contributed by atoms with E-state index in [0.29, 0.717) is 16.6 Å². The standard InChI is InChI=1S/C18H16Cl2N4/c1-2-14(19)15(20)8-9-22-18-17(13-6-4-3-5-7-13)23-16-12-21-10-11-24(16)18/h2-8,10-12,22H,9H2,1H3/b14-2+,15-8+. The maximum Gasteiger partial charge on any atom is 0.157 e. The molecule has 0 aliphatic heterocycles. The second kappa shape index (κ2) is 7.51. The van der Waals surface area contributed by atoms with Crippen LogP contribution in [0.2, 0.25) is 0 Å². The molecule has 0 atom stereocenters. The predicted molar refractivity (Wildman–Crippen MR) is 100 cm³/mol. The summed E-state index contributed by atoms with van der Waals surface area (Å²) in [5.41, 5.74) is 2.68. The molecule has 0 aliphatic carbocycles. The van der Waals surface area contributed by atoms with Crippen LogP contribution in [0.3, 0.4) is 0 Å². The van der Waals surface area contributed by atoms with E-state index in [-0.39, 0.29) is 0 Å². The first-order valence-electron chi connectivity index (χ1n) is 7.50. The molecule has 0 saturated heterocycles. The molecular weight excluding hydrogens is 343 g/mol. The van der Waals surface area contributed by atoms with Crippen molar-refractivity contribution in [3.63, 3.8) is 0 Å². The fourth-order valence-corrected chi connectivity index (χ4v) is 2.61. The Kier molecular flexibility index (Phi) is 5.18. The summed E-state index contributed by atoms with van der Waals surface area (Å²) in [5.74, 6) is 0.885. The van der Waals surface area contributed by atoms with Crippen molar-refractivity contribution in [3.8, 4) is 11.3 Å². The quantitative estimate of drug-likeness (QED) is 0.647. The van der Waals surface area contributed by atoms with Gasteiger partial charge in [-0.2, -0.15) is 0 Å². The van der Waals surface area contributed by atoms with Crippen LogP contribution in [-0.2, 0) is 0 Å². The Morgan fingerprint density at radius 2 is 2.00 bits per heavy atom. The van der Waals surface area contributed by atoms with Crippen molar-refractivity contribution in [2.75, 3.05) is 11.9 Å². The Hall–Kier alpha value is -2.30. The normalized spacial score (nSPS) is 12.6. The summed E-state index contributed by atoms with van der Waals surface area (Å²) < 4.78 is 1.97. The van der Waals surface area contributed by atoms with Crippen LogP contribution in [0, 0.1) is 0 Å². The van der Waals surface area contributed by atoms with Crippen molar-refractivity contribution in [1.29, 1.82) is 0 Å². The fraction of sp³-hybridized carbons (Fsp3) is 0.111. The van der Waals surface area contributed by atoms with Gasteiger partial charge in [-0.1, -0.05) is 59.6 Å². The molecule has 0 saturated carbocycles. The molecule has 122 valence electrons. The molecule has 0 radical (unpaired) electrons. The van der Waals surface area contributed by atoms with Crippen LogP contribution in [0.1, 0.15) is 6.92 Å². The molecule has 0 fully saturated rings. The van der Waals surface area contributed by atoms with Gasteiger partial charge in [0.05, 0.1) is 16.3 Å². The summed E-state index contributed by atoms with van der Waals surface area (Å²) in [6, 6.07) is 10.0. The summed E-state index contributed by atoms with van der Waals surface area (Å²) in [6.45, 7) is 2.37. The zero-order chi connectivity index (χ0) is 16.9. The van der Waals surface area contributed by atoms with Crippen molar-refractivity contribution in [2.24, 2.45) is 0 Å². The molecule has 0 bridgehead atoms. The molecule has 2 heterocycles. The molecule has 24 heavy (non-hydrogen) atoms. The first-order chi connectivity index (χ1) is 11.7. The van der Waals surface area contributed by atoms with E-state index in [0.717, 1.165) is 22.7 Å². The van der Waals surface area contributed by atoms with Crippen LogP contribution in [0.5, 0.6) is 0 Å². The van der Waals surface area contributed by atoms with Gasteiger partial charge < -0.3 is 5.32 Å². The number of rotatable bonds is 5. The van der Waals surface area contributed by atoms with Crippen molar-refractivity contribution in [3.05, 3.63) is 71.1 Å². The fourth-order valence-electron chi connectivity index (χ4n) is 2.35. The molecule has 0 amide bonds.